The second-order valence-corrected chi connectivity index (χ2v) is 4.36. The summed E-state index contributed by atoms with van der Waals surface area (Å²) >= 11 is 6.18. The molecule has 1 saturated carbocycles. The largest absolute Gasteiger partial charge is 0.481 e. The first-order chi connectivity index (χ1) is 7.29. The van der Waals surface area contributed by atoms with E-state index in [2.05, 4.69) is 10.3 Å². The summed E-state index contributed by atoms with van der Waals surface area (Å²) in [5, 5.41) is 3.44. The fraction of sp³-hybridized carbons (Fsp3) is 0.545. The molecule has 0 radical (unpaired) electrons. The van der Waals surface area contributed by atoms with Gasteiger partial charge in [0.05, 0.1) is 12.5 Å². The van der Waals surface area contributed by atoms with Crippen molar-refractivity contribution < 1.29 is 4.74 Å². The molecule has 0 aromatic carbocycles. The Bertz CT molecular complexity index is 328. The van der Waals surface area contributed by atoms with Crippen LogP contribution in [0, 0.1) is 5.92 Å². The van der Waals surface area contributed by atoms with Crippen molar-refractivity contribution in [3.8, 4) is 5.88 Å². The Morgan fingerprint density at radius 2 is 2.40 bits per heavy atom. The number of nitrogens with one attached hydrogen (secondary N) is 1. The Kier molecular flexibility index (Phi) is 3.31. The number of hydrogen-bond acceptors (Lipinski definition) is 3. The van der Waals surface area contributed by atoms with E-state index >= 15 is 0 Å². The van der Waals surface area contributed by atoms with E-state index in [9.17, 15) is 0 Å². The maximum Gasteiger partial charge on any atom is 0.214 e. The average Bonchev–Trinajstić information content (AvgIpc) is 3.10. The van der Waals surface area contributed by atoms with Gasteiger partial charge < -0.3 is 10.1 Å². The van der Waals surface area contributed by atoms with Crippen LogP contribution in [0.15, 0.2) is 18.2 Å². The highest BCUT2D eigenvalue weighted by Crippen LogP contribution is 2.35. The minimum Gasteiger partial charge on any atom is -0.481 e. The van der Waals surface area contributed by atoms with Gasteiger partial charge >= 0.3 is 0 Å². The smallest absolute Gasteiger partial charge is 0.214 e. The molecule has 0 bridgehead atoms. The summed E-state index contributed by atoms with van der Waals surface area (Å²) in [6.45, 7) is 0.770. The fourth-order valence-corrected chi connectivity index (χ4v) is 1.78. The van der Waals surface area contributed by atoms with Crippen molar-refractivity contribution in [1.82, 2.24) is 4.98 Å². The first-order valence-corrected chi connectivity index (χ1v) is 5.62. The lowest BCUT2D eigenvalue weighted by Crippen LogP contribution is -2.16. The topological polar surface area (TPSA) is 34.1 Å². The van der Waals surface area contributed by atoms with Gasteiger partial charge in [0.15, 0.2) is 0 Å². The highest BCUT2D eigenvalue weighted by Gasteiger charge is 2.29. The number of ether oxygens (including phenoxy) is 1. The molecule has 0 spiro atoms. The zero-order valence-electron chi connectivity index (χ0n) is 8.74. The second kappa shape index (κ2) is 4.71. The molecule has 0 saturated heterocycles. The van der Waals surface area contributed by atoms with Crippen molar-refractivity contribution in [1.29, 1.82) is 0 Å². The molecule has 1 unspecified atom stereocenters. The Morgan fingerprint density at radius 3 is 3.07 bits per heavy atom. The quantitative estimate of drug-likeness (QED) is 0.784. The van der Waals surface area contributed by atoms with Crippen molar-refractivity contribution >= 4 is 17.4 Å². The molecule has 4 heteroatoms. The summed E-state index contributed by atoms with van der Waals surface area (Å²) in [7, 11) is 1.61. The van der Waals surface area contributed by atoms with E-state index in [1.165, 1.54) is 12.8 Å². The summed E-state index contributed by atoms with van der Waals surface area (Å²) < 4.78 is 5.04. The van der Waals surface area contributed by atoms with E-state index in [-0.39, 0.29) is 5.38 Å². The molecular formula is C11H15ClN2O. The molecule has 1 aromatic heterocycles. The molecule has 15 heavy (non-hydrogen) atoms. The third-order valence-electron chi connectivity index (χ3n) is 2.54. The number of rotatable bonds is 5. The van der Waals surface area contributed by atoms with Crippen LogP contribution < -0.4 is 10.1 Å². The fourth-order valence-electron chi connectivity index (χ4n) is 1.45. The number of hydrogen-bond donors (Lipinski definition) is 1. The van der Waals surface area contributed by atoms with Crippen LogP contribution in [0.1, 0.15) is 12.8 Å². The van der Waals surface area contributed by atoms with Gasteiger partial charge in [-0.3, -0.25) is 0 Å². The molecule has 1 heterocycles. The lowest BCUT2D eigenvalue weighted by molar-refractivity contribution is 0.398. The number of methoxy groups -OCH3 is 1. The summed E-state index contributed by atoms with van der Waals surface area (Å²) in [4.78, 5) is 4.25. The van der Waals surface area contributed by atoms with E-state index in [0.29, 0.717) is 11.8 Å². The molecule has 82 valence electrons. The lowest BCUT2D eigenvalue weighted by atomic mass is 10.3. The van der Waals surface area contributed by atoms with Gasteiger partial charge in [0.2, 0.25) is 5.88 Å². The monoisotopic (exact) mass is 226 g/mol. The molecule has 1 N–H and O–H groups in total. The molecule has 3 nitrogen and oxygen atoms in total. The van der Waals surface area contributed by atoms with Gasteiger partial charge in [-0.2, -0.15) is 4.98 Å². The van der Waals surface area contributed by atoms with Crippen molar-refractivity contribution in [3.05, 3.63) is 18.2 Å². The third-order valence-corrected chi connectivity index (χ3v) is 3.06. The molecule has 2 rings (SSSR count). The van der Waals surface area contributed by atoms with Gasteiger partial charge in [0.1, 0.15) is 5.82 Å². The number of alkyl halides is 1. The van der Waals surface area contributed by atoms with Crippen molar-refractivity contribution in [3.63, 3.8) is 0 Å². The number of anilines is 1. The molecule has 0 aliphatic heterocycles. The zero-order valence-corrected chi connectivity index (χ0v) is 9.50. The van der Waals surface area contributed by atoms with Crippen molar-refractivity contribution in [2.45, 2.75) is 18.2 Å². The van der Waals surface area contributed by atoms with Gasteiger partial charge in [0.25, 0.3) is 0 Å². The van der Waals surface area contributed by atoms with Crippen molar-refractivity contribution in [2.75, 3.05) is 19.0 Å². The maximum absolute atomic E-state index is 6.18. The standard InChI is InChI=1S/C11H15ClN2O/c1-15-11-4-2-3-10(14-11)13-7-9(12)8-5-6-8/h2-4,8-9H,5-7H2,1H3,(H,13,14). The van der Waals surface area contributed by atoms with Gasteiger partial charge in [-0.15, -0.1) is 11.6 Å². The number of aromatic nitrogens is 1. The summed E-state index contributed by atoms with van der Waals surface area (Å²) in [5.74, 6) is 2.14. The van der Waals surface area contributed by atoms with Gasteiger partial charge in [-0.1, -0.05) is 6.07 Å². The van der Waals surface area contributed by atoms with Crippen LogP contribution in [-0.2, 0) is 0 Å². The Hall–Kier alpha value is -0.960. The summed E-state index contributed by atoms with van der Waals surface area (Å²) in [6, 6.07) is 5.65. The van der Waals surface area contributed by atoms with E-state index in [0.717, 1.165) is 12.4 Å². The molecule has 1 aliphatic rings. The predicted octanol–water partition coefficient (Wildman–Crippen LogP) is 2.52. The number of nitrogens with zero attached hydrogens (tertiary/aromatic N) is 1. The van der Waals surface area contributed by atoms with Crippen molar-refractivity contribution in [2.24, 2.45) is 5.92 Å². The van der Waals surface area contributed by atoms with E-state index < -0.39 is 0 Å². The maximum atomic E-state index is 6.18. The van der Waals surface area contributed by atoms with Gasteiger partial charge in [-0.05, 0) is 24.8 Å². The average molecular weight is 227 g/mol. The van der Waals surface area contributed by atoms with Crippen LogP contribution in [0.5, 0.6) is 5.88 Å². The third kappa shape index (κ3) is 2.99. The highest BCUT2D eigenvalue weighted by atomic mass is 35.5. The van der Waals surface area contributed by atoms with Crippen LogP contribution >= 0.6 is 11.6 Å². The minimum atomic E-state index is 0.220. The second-order valence-electron chi connectivity index (χ2n) is 3.80. The summed E-state index contributed by atoms with van der Waals surface area (Å²) in [5.41, 5.74) is 0. The molecular weight excluding hydrogens is 212 g/mol. The lowest BCUT2D eigenvalue weighted by Gasteiger charge is -2.10. The zero-order chi connectivity index (χ0) is 10.7. The van der Waals surface area contributed by atoms with Crippen LogP contribution in [0.4, 0.5) is 5.82 Å². The van der Waals surface area contributed by atoms with E-state index in [1.54, 1.807) is 7.11 Å². The minimum absolute atomic E-state index is 0.220. The first kappa shape index (κ1) is 10.6. The number of halogens is 1. The normalized spacial score (nSPS) is 17.2. The first-order valence-electron chi connectivity index (χ1n) is 5.18. The molecule has 1 fully saturated rings. The SMILES string of the molecule is COc1cccc(NCC(Cl)C2CC2)n1. The Labute approximate surface area is 94.8 Å². The van der Waals surface area contributed by atoms with Crippen LogP contribution in [-0.4, -0.2) is 24.0 Å². The van der Waals surface area contributed by atoms with Crippen LogP contribution in [0.25, 0.3) is 0 Å². The van der Waals surface area contributed by atoms with E-state index in [1.807, 2.05) is 18.2 Å². The predicted molar refractivity (Wildman–Crippen MR) is 61.6 cm³/mol. The Balaban J connectivity index is 1.86. The van der Waals surface area contributed by atoms with Crippen LogP contribution in [0.2, 0.25) is 0 Å². The molecule has 1 atom stereocenters. The van der Waals surface area contributed by atoms with E-state index in [4.69, 9.17) is 16.3 Å². The number of pyridine rings is 1. The highest BCUT2D eigenvalue weighted by molar-refractivity contribution is 6.21. The summed E-state index contributed by atoms with van der Waals surface area (Å²) in [6.07, 6.45) is 2.53. The molecule has 1 aliphatic carbocycles. The van der Waals surface area contributed by atoms with Crippen LogP contribution in [0.3, 0.4) is 0 Å². The van der Waals surface area contributed by atoms with Gasteiger partial charge in [-0.25, -0.2) is 0 Å². The molecule has 0 amide bonds. The van der Waals surface area contributed by atoms with Gasteiger partial charge in [0, 0.05) is 12.6 Å². The molecule has 1 aromatic rings. The Morgan fingerprint density at radius 1 is 1.60 bits per heavy atom.